The van der Waals surface area contributed by atoms with Crippen LogP contribution in [0.1, 0.15) is 18.4 Å². The fourth-order valence-corrected chi connectivity index (χ4v) is 3.28. The molecule has 0 aliphatic carbocycles. The Morgan fingerprint density at radius 1 is 1.50 bits per heavy atom. The lowest BCUT2D eigenvalue weighted by atomic mass is 10.1. The van der Waals surface area contributed by atoms with Crippen LogP contribution in [0.15, 0.2) is 23.0 Å². The van der Waals surface area contributed by atoms with Crippen molar-refractivity contribution < 1.29 is 4.52 Å². The van der Waals surface area contributed by atoms with Gasteiger partial charge in [0.1, 0.15) is 0 Å². The SMILES string of the molecule is CCc1cnccc1-c1noc(CC2CSCCN2)n1. The molecule has 1 aliphatic rings. The van der Waals surface area contributed by atoms with Crippen LogP contribution in [0.3, 0.4) is 0 Å². The van der Waals surface area contributed by atoms with E-state index in [-0.39, 0.29) is 0 Å². The lowest BCUT2D eigenvalue weighted by Gasteiger charge is -2.21. The van der Waals surface area contributed by atoms with Crippen LogP contribution in [0.5, 0.6) is 0 Å². The standard InChI is InChI=1S/C14H18N4OS/c1-2-10-8-15-4-3-12(10)14-17-13(19-18-14)7-11-9-20-6-5-16-11/h3-4,8,11,16H,2,5-7,9H2,1H3. The van der Waals surface area contributed by atoms with E-state index in [0.717, 1.165) is 36.3 Å². The molecular formula is C14H18N4OS. The van der Waals surface area contributed by atoms with Gasteiger partial charge in [-0.2, -0.15) is 16.7 Å². The van der Waals surface area contributed by atoms with Gasteiger partial charge >= 0.3 is 0 Å². The van der Waals surface area contributed by atoms with Crippen LogP contribution in [0.25, 0.3) is 11.4 Å². The predicted octanol–water partition coefficient (Wildman–Crippen LogP) is 1.94. The second-order valence-corrected chi connectivity index (χ2v) is 5.98. The predicted molar refractivity (Wildman–Crippen MR) is 79.7 cm³/mol. The van der Waals surface area contributed by atoms with Gasteiger partial charge in [-0.25, -0.2) is 0 Å². The maximum Gasteiger partial charge on any atom is 0.228 e. The Hall–Kier alpha value is -1.40. The quantitative estimate of drug-likeness (QED) is 0.928. The molecule has 2 aromatic rings. The van der Waals surface area contributed by atoms with Crippen LogP contribution in [0, 0.1) is 0 Å². The first-order valence-corrected chi connectivity index (χ1v) is 8.09. The van der Waals surface area contributed by atoms with Crippen molar-refractivity contribution in [2.45, 2.75) is 25.8 Å². The van der Waals surface area contributed by atoms with Crippen LogP contribution in [-0.2, 0) is 12.8 Å². The van der Waals surface area contributed by atoms with Crippen LogP contribution >= 0.6 is 11.8 Å². The highest BCUT2D eigenvalue weighted by Crippen LogP contribution is 2.21. The molecule has 1 aliphatic heterocycles. The molecule has 0 aromatic carbocycles. The molecule has 3 heterocycles. The molecular weight excluding hydrogens is 272 g/mol. The molecule has 0 bridgehead atoms. The molecule has 1 N–H and O–H groups in total. The Balaban J connectivity index is 1.75. The van der Waals surface area contributed by atoms with E-state index in [9.17, 15) is 0 Å². The molecule has 1 fully saturated rings. The molecule has 0 amide bonds. The first kappa shape index (κ1) is 13.6. The Kier molecular flexibility index (Phi) is 4.32. The van der Waals surface area contributed by atoms with E-state index in [1.54, 1.807) is 6.20 Å². The van der Waals surface area contributed by atoms with Gasteiger partial charge in [0.05, 0.1) is 0 Å². The number of nitrogens with one attached hydrogen (secondary N) is 1. The number of hydrogen-bond acceptors (Lipinski definition) is 6. The number of pyridine rings is 1. The molecule has 3 rings (SSSR count). The normalized spacial score (nSPS) is 19.1. The van der Waals surface area contributed by atoms with E-state index < -0.39 is 0 Å². The Bertz CT molecular complexity index is 566. The van der Waals surface area contributed by atoms with Crippen molar-refractivity contribution in [2.24, 2.45) is 0 Å². The molecule has 0 spiro atoms. The monoisotopic (exact) mass is 290 g/mol. The zero-order chi connectivity index (χ0) is 13.8. The summed E-state index contributed by atoms with van der Waals surface area (Å²) in [5, 5.41) is 7.59. The van der Waals surface area contributed by atoms with Gasteiger partial charge in [0.15, 0.2) is 0 Å². The van der Waals surface area contributed by atoms with Gasteiger partial charge in [0.25, 0.3) is 0 Å². The van der Waals surface area contributed by atoms with Crippen molar-refractivity contribution in [1.29, 1.82) is 0 Å². The Labute approximate surface area is 122 Å². The maximum atomic E-state index is 5.39. The van der Waals surface area contributed by atoms with Crippen LogP contribution in [0.4, 0.5) is 0 Å². The van der Waals surface area contributed by atoms with E-state index in [4.69, 9.17) is 4.52 Å². The maximum absolute atomic E-state index is 5.39. The summed E-state index contributed by atoms with van der Waals surface area (Å²) in [5.41, 5.74) is 2.16. The van der Waals surface area contributed by atoms with Crippen molar-refractivity contribution >= 4 is 11.8 Å². The summed E-state index contributed by atoms with van der Waals surface area (Å²) in [6, 6.07) is 2.38. The van der Waals surface area contributed by atoms with Gasteiger partial charge in [-0.15, -0.1) is 0 Å². The number of nitrogens with zero attached hydrogens (tertiary/aromatic N) is 3. The van der Waals surface area contributed by atoms with Crippen molar-refractivity contribution in [2.75, 3.05) is 18.1 Å². The smallest absolute Gasteiger partial charge is 0.228 e. The van der Waals surface area contributed by atoms with Gasteiger partial charge in [0, 0.05) is 48.5 Å². The van der Waals surface area contributed by atoms with E-state index in [2.05, 4.69) is 27.4 Å². The molecule has 0 saturated carbocycles. The second kappa shape index (κ2) is 6.37. The largest absolute Gasteiger partial charge is 0.339 e. The number of hydrogen-bond donors (Lipinski definition) is 1. The number of aryl methyl sites for hydroxylation is 1. The van der Waals surface area contributed by atoms with Gasteiger partial charge in [-0.1, -0.05) is 12.1 Å². The van der Waals surface area contributed by atoms with Gasteiger partial charge in [-0.05, 0) is 18.1 Å². The minimum atomic E-state index is 0.435. The molecule has 106 valence electrons. The fourth-order valence-electron chi connectivity index (χ4n) is 2.34. The zero-order valence-electron chi connectivity index (χ0n) is 11.5. The van der Waals surface area contributed by atoms with Crippen molar-refractivity contribution in [3.63, 3.8) is 0 Å². The van der Waals surface area contributed by atoms with Crippen molar-refractivity contribution in [3.05, 3.63) is 29.9 Å². The summed E-state index contributed by atoms with van der Waals surface area (Å²) < 4.78 is 5.39. The highest BCUT2D eigenvalue weighted by Gasteiger charge is 2.18. The second-order valence-electron chi connectivity index (χ2n) is 4.83. The highest BCUT2D eigenvalue weighted by molar-refractivity contribution is 7.99. The average Bonchev–Trinajstić information content (AvgIpc) is 2.96. The summed E-state index contributed by atoms with van der Waals surface area (Å²) in [6.45, 7) is 3.16. The van der Waals surface area contributed by atoms with E-state index >= 15 is 0 Å². The topological polar surface area (TPSA) is 63.8 Å². The highest BCUT2D eigenvalue weighted by atomic mass is 32.2. The summed E-state index contributed by atoms with van der Waals surface area (Å²) in [4.78, 5) is 8.67. The van der Waals surface area contributed by atoms with Crippen LogP contribution in [-0.4, -0.2) is 39.2 Å². The molecule has 1 saturated heterocycles. The van der Waals surface area contributed by atoms with Crippen molar-refractivity contribution in [1.82, 2.24) is 20.4 Å². The average molecular weight is 290 g/mol. The van der Waals surface area contributed by atoms with E-state index in [0.29, 0.717) is 17.8 Å². The zero-order valence-corrected chi connectivity index (χ0v) is 12.3. The summed E-state index contributed by atoms with van der Waals surface area (Å²) >= 11 is 1.97. The Morgan fingerprint density at radius 2 is 2.45 bits per heavy atom. The first-order chi connectivity index (χ1) is 9.86. The fraction of sp³-hybridized carbons (Fsp3) is 0.500. The number of aromatic nitrogens is 3. The molecule has 1 atom stereocenters. The minimum Gasteiger partial charge on any atom is -0.339 e. The third kappa shape index (κ3) is 3.02. The van der Waals surface area contributed by atoms with E-state index in [1.165, 1.54) is 5.75 Å². The summed E-state index contributed by atoms with van der Waals surface area (Å²) in [7, 11) is 0. The number of thioether (sulfide) groups is 1. The lowest BCUT2D eigenvalue weighted by molar-refractivity contribution is 0.363. The van der Waals surface area contributed by atoms with Gasteiger partial charge < -0.3 is 9.84 Å². The van der Waals surface area contributed by atoms with Crippen LogP contribution in [0.2, 0.25) is 0 Å². The Morgan fingerprint density at radius 3 is 3.25 bits per heavy atom. The first-order valence-electron chi connectivity index (χ1n) is 6.93. The van der Waals surface area contributed by atoms with Crippen LogP contribution < -0.4 is 5.32 Å². The number of rotatable bonds is 4. The minimum absolute atomic E-state index is 0.435. The molecule has 20 heavy (non-hydrogen) atoms. The summed E-state index contributed by atoms with van der Waals surface area (Å²) in [5.74, 6) is 3.66. The van der Waals surface area contributed by atoms with E-state index in [1.807, 2.05) is 24.0 Å². The third-order valence-electron chi connectivity index (χ3n) is 3.41. The van der Waals surface area contributed by atoms with Crippen molar-refractivity contribution in [3.8, 4) is 11.4 Å². The lowest BCUT2D eigenvalue weighted by Crippen LogP contribution is -2.38. The molecule has 2 aromatic heterocycles. The van der Waals surface area contributed by atoms with Gasteiger partial charge in [0.2, 0.25) is 11.7 Å². The molecule has 0 radical (unpaired) electrons. The summed E-state index contributed by atoms with van der Waals surface area (Å²) in [6.07, 6.45) is 5.34. The third-order valence-corrected chi connectivity index (χ3v) is 4.54. The molecule has 1 unspecified atom stereocenters. The molecule has 6 heteroatoms. The van der Waals surface area contributed by atoms with Gasteiger partial charge in [-0.3, -0.25) is 4.98 Å². The molecule has 5 nitrogen and oxygen atoms in total.